The van der Waals surface area contributed by atoms with Crippen molar-refractivity contribution in [3.05, 3.63) is 100 Å². The monoisotopic (exact) mass is 486 g/mol. The Balaban J connectivity index is 1.53. The first-order chi connectivity index (χ1) is 17.4. The fraction of sp³-hybridized carbons (Fsp3) is 0.154. The Bertz CT molecular complexity index is 1620. The minimum Gasteiger partial charge on any atom is -0.497 e. The van der Waals surface area contributed by atoms with Gasteiger partial charge in [-0.2, -0.15) is 10.2 Å². The van der Waals surface area contributed by atoms with Crippen LogP contribution in [0.3, 0.4) is 0 Å². The number of hydrogen-bond donors (Lipinski definition) is 1. The highest BCUT2D eigenvalue weighted by Gasteiger charge is 2.22. The van der Waals surface area contributed by atoms with E-state index in [4.69, 9.17) is 4.74 Å². The van der Waals surface area contributed by atoms with Gasteiger partial charge in [0.05, 0.1) is 18.5 Å². The van der Waals surface area contributed by atoms with Gasteiger partial charge in [-0.05, 0) is 55.0 Å². The quantitative estimate of drug-likeness (QED) is 0.381. The van der Waals surface area contributed by atoms with Crippen molar-refractivity contribution in [2.75, 3.05) is 7.11 Å². The number of nitrogens with one attached hydrogen (secondary N) is 1. The summed E-state index contributed by atoms with van der Waals surface area (Å²) in [6, 6.07) is 16.9. The molecular weight excluding hydrogens is 463 g/mol. The molecule has 0 aliphatic carbocycles. The van der Waals surface area contributed by atoms with Crippen LogP contribution < -0.4 is 15.6 Å². The molecule has 0 saturated carbocycles. The highest BCUT2D eigenvalue weighted by Crippen LogP contribution is 2.25. The fourth-order valence-corrected chi connectivity index (χ4v) is 4.05. The second-order valence-corrected chi connectivity index (χ2v) is 8.21. The molecule has 0 atom stereocenters. The lowest BCUT2D eigenvalue weighted by Gasteiger charge is -2.10. The number of ether oxygens (including phenoxy) is 1. The van der Waals surface area contributed by atoms with Crippen molar-refractivity contribution >= 4 is 16.8 Å². The molecule has 0 radical (unpaired) electrons. The van der Waals surface area contributed by atoms with Crippen molar-refractivity contribution in [1.29, 1.82) is 0 Å². The lowest BCUT2D eigenvalue weighted by molar-refractivity contribution is -0.122. The van der Waals surface area contributed by atoms with E-state index in [1.54, 1.807) is 43.1 Å². The van der Waals surface area contributed by atoms with E-state index in [-0.39, 0.29) is 24.4 Å². The van der Waals surface area contributed by atoms with Crippen LogP contribution in [0.2, 0.25) is 0 Å². The van der Waals surface area contributed by atoms with Gasteiger partial charge < -0.3 is 14.6 Å². The second-order valence-electron chi connectivity index (χ2n) is 8.21. The molecule has 0 spiro atoms. The molecule has 0 bridgehead atoms. The van der Waals surface area contributed by atoms with E-state index in [0.29, 0.717) is 28.5 Å². The van der Waals surface area contributed by atoms with Crippen molar-refractivity contribution in [2.24, 2.45) is 0 Å². The van der Waals surface area contributed by atoms with E-state index in [1.165, 1.54) is 16.8 Å². The van der Waals surface area contributed by atoms with Gasteiger partial charge in [0.2, 0.25) is 5.91 Å². The van der Waals surface area contributed by atoms with E-state index in [9.17, 15) is 14.0 Å². The zero-order valence-corrected chi connectivity index (χ0v) is 19.7. The third-order valence-electron chi connectivity index (χ3n) is 5.74. The van der Waals surface area contributed by atoms with Crippen LogP contribution in [0.25, 0.3) is 22.4 Å². The first-order valence-corrected chi connectivity index (χ1v) is 11.2. The number of amides is 1. The molecular formula is C26H23FN6O3. The van der Waals surface area contributed by atoms with Crippen LogP contribution in [0.15, 0.2) is 77.9 Å². The van der Waals surface area contributed by atoms with Gasteiger partial charge >= 0.3 is 0 Å². The Hall–Kier alpha value is -4.73. The molecule has 0 aliphatic rings. The number of aryl methyl sites for hydroxylation is 1. The zero-order chi connectivity index (χ0) is 25.2. The van der Waals surface area contributed by atoms with Crippen molar-refractivity contribution in [3.8, 4) is 17.3 Å². The third-order valence-corrected chi connectivity index (χ3v) is 5.74. The van der Waals surface area contributed by atoms with Gasteiger partial charge in [0, 0.05) is 18.9 Å². The van der Waals surface area contributed by atoms with E-state index in [0.717, 1.165) is 10.2 Å². The molecule has 9 nitrogen and oxygen atoms in total. The van der Waals surface area contributed by atoms with E-state index >= 15 is 0 Å². The highest BCUT2D eigenvalue weighted by molar-refractivity contribution is 5.88. The van der Waals surface area contributed by atoms with Crippen LogP contribution in [0.1, 0.15) is 11.3 Å². The van der Waals surface area contributed by atoms with Crippen LogP contribution in [0, 0.1) is 12.7 Å². The molecule has 0 fully saturated rings. The number of hydrogen-bond acceptors (Lipinski definition) is 5. The summed E-state index contributed by atoms with van der Waals surface area (Å²) >= 11 is 0. The van der Waals surface area contributed by atoms with E-state index in [2.05, 4.69) is 15.5 Å². The van der Waals surface area contributed by atoms with Crippen molar-refractivity contribution in [2.45, 2.75) is 20.0 Å². The number of nitrogens with zero attached hydrogens (tertiary/aromatic N) is 5. The fourth-order valence-electron chi connectivity index (χ4n) is 4.05. The molecule has 182 valence electrons. The Morgan fingerprint density at radius 3 is 2.58 bits per heavy atom. The van der Waals surface area contributed by atoms with Crippen molar-refractivity contribution < 1.29 is 13.9 Å². The molecule has 0 unspecified atom stereocenters. The molecule has 0 saturated heterocycles. The summed E-state index contributed by atoms with van der Waals surface area (Å²) in [5.74, 6) is 0.326. The largest absolute Gasteiger partial charge is 0.497 e. The summed E-state index contributed by atoms with van der Waals surface area (Å²) in [6.45, 7) is 1.72. The van der Waals surface area contributed by atoms with Gasteiger partial charge in [0.15, 0.2) is 5.82 Å². The molecule has 2 aromatic carbocycles. The summed E-state index contributed by atoms with van der Waals surface area (Å²) in [7, 11) is 1.58. The van der Waals surface area contributed by atoms with Crippen LogP contribution in [-0.4, -0.2) is 37.1 Å². The lowest BCUT2D eigenvalue weighted by Crippen LogP contribution is -2.34. The molecule has 3 aromatic heterocycles. The Morgan fingerprint density at radius 2 is 1.83 bits per heavy atom. The maximum absolute atomic E-state index is 14.0. The summed E-state index contributed by atoms with van der Waals surface area (Å²) in [5.41, 5.74) is 1.69. The predicted molar refractivity (Wildman–Crippen MR) is 132 cm³/mol. The minimum absolute atomic E-state index is 0.268. The topological polar surface area (TPSA) is 96.0 Å². The SMILES string of the molecule is COc1cccc(CNC(=O)Cn2nc(C)c3nn(-c4cccc(F)c4)c(-n4cccc4)c3c2=O)c1. The molecule has 1 amide bonds. The first kappa shape index (κ1) is 23.0. The Kier molecular flexibility index (Phi) is 6.07. The zero-order valence-electron chi connectivity index (χ0n) is 19.7. The number of rotatable bonds is 7. The van der Waals surface area contributed by atoms with E-state index in [1.807, 2.05) is 36.4 Å². The van der Waals surface area contributed by atoms with Gasteiger partial charge in [-0.3, -0.25) is 9.59 Å². The maximum atomic E-state index is 14.0. The average molecular weight is 487 g/mol. The maximum Gasteiger partial charge on any atom is 0.280 e. The number of aromatic nitrogens is 5. The molecule has 10 heteroatoms. The smallest absolute Gasteiger partial charge is 0.280 e. The summed E-state index contributed by atoms with van der Waals surface area (Å²) in [6.07, 6.45) is 3.54. The first-order valence-electron chi connectivity index (χ1n) is 11.2. The number of benzene rings is 2. The summed E-state index contributed by atoms with van der Waals surface area (Å²) in [4.78, 5) is 26.3. The van der Waals surface area contributed by atoms with Crippen LogP contribution in [0.4, 0.5) is 4.39 Å². The van der Waals surface area contributed by atoms with Crippen LogP contribution in [-0.2, 0) is 17.9 Å². The number of carbonyl (C=O) groups is 1. The van der Waals surface area contributed by atoms with Gasteiger partial charge in [0.1, 0.15) is 29.0 Å². The molecule has 36 heavy (non-hydrogen) atoms. The van der Waals surface area contributed by atoms with E-state index < -0.39 is 11.4 Å². The molecule has 1 N–H and O–H groups in total. The summed E-state index contributed by atoms with van der Waals surface area (Å²) in [5, 5.41) is 12.0. The van der Waals surface area contributed by atoms with Crippen LogP contribution in [0.5, 0.6) is 5.75 Å². The van der Waals surface area contributed by atoms with Gasteiger partial charge in [-0.15, -0.1) is 0 Å². The molecule has 5 aromatic rings. The Morgan fingerprint density at radius 1 is 1.06 bits per heavy atom. The van der Waals surface area contributed by atoms with Gasteiger partial charge in [0.25, 0.3) is 5.56 Å². The molecule has 3 heterocycles. The van der Waals surface area contributed by atoms with Crippen molar-refractivity contribution in [1.82, 2.24) is 29.4 Å². The number of fused-ring (bicyclic) bond motifs is 1. The van der Waals surface area contributed by atoms with Gasteiger partial charge in [-0.1, -0.05) is 18.2 Å². The highest BCUT2D eigenvalue weighted by atomic mass is 19.1. The molecule has 5 rings (SSSR count). The number of halogens is 1. The summed E-state index contributed by atoms with van der Waals surface area (Å²) < 4.78 is 23.6. The molecule has 0 aliphatic heterocycles. The lowest BCUT2D eigenvalue weighted by atomic mass is 10.2. The third kappa shape index (κ3) is 4.36. The van der Waals surface area contributed by atoms with Crippen molar-refractivity contribution in [3.63, 3.8) is 0 Å². The normalized spacial score (nSPS) is 11.1. The van der Waals surface area contributed by atoms with Crippen LogP contribution >= 0.6 is 0 Å². The minimum atomic E-state index is -0.474. The number of methoxy groups -OCH3 is 1. The van der Waals surface area contributed by atoms with Gasteiger partial charge in [-0.25, -0.2) is 13.8 Å². The Labute approximate surface area is 205 Å². The standard InChI is InChI=1S/C26H23FN6O3/c1-17-24-23(25(31-11-3-4-12-31)33(30-24)20-9-6-8-19(27)14-20)26(35)32(29-17)16-22(34)28-15-18-7-5-10-21(13-18)36-2/h3-14H,15-16H2,1-2H3,(H,28,34). The average Bonchev–Trinajstić information content (AvgIpc) is 3.54. The number of carbonyl (C=O) groups excluding carboxylic acids is 1. The second kappa shape index (κ2) is 9.49. The predicted octanol–water partition coefficient (Wildman–Crippen LogP) is 3.15.